The first-order valence-electron chi connectivity index (χ1n) is 10.6. The van der Waals surface area contributed by atoms with Crippen LogP contribution in [0.5, 0.6) is 0 Å². The molecule has 0 radical (unpaired) electrons. The van der Waals surface area contributed by atoms with Crippen molar-refractivity contribution in [3.63, 3.8) is 0 Å². The van der Waals surface area contributed by atoms with E-state index in [4.69, 9.17) is 4.74 Å². The summed E-state index contributed by atoms with van der Waals surface area (Å²) in [4.78, 5) is 29.7. The standard InChI is InChI=1S/C22H31N3O3/c26-19(23-11-12-24-13-15-28-16-14-24)17-25-20(18-7-3-1-4-8-18)22(21(25)27)9-5-2-6-10-22/h1,3-4,7-8,20H,2,5-6,9-17H2,(H,23,26). The molecule has 1 spiro atoms. The predicted molar refractivity (Wildman–Crippen MR) is 107 cm³/mol. The van der Waals surface area contributed by atoms with Crippen LogP contribution in [-0.4, -0.2) is 67.6 Å². The fourth-order valence-electron chi connectivity index (χ4n) is 5.11. The minimum atomic E-state index is -0.284. The van der Waals surface area contributed by atoms with Crippen LogP contribution < -0.4 is 5.32 Å². The normalized spacial score (nSPS) is 24.8. The van der Waals surface area contributed by atoms with Crippen LogP contribution in [0.4, 0.5) is 0 Å². The Kier molecular flexibility index (Phi) is 5.97. The number of morpholine rings is 1. The lowest BCUT2D eigenvalue weighted by molar-refractivity contribution is -0.180. The number of benzene rings is 1. The first-order chi connectivity index (χ1) is 13.7. The van der Waals surface area contributed by atoms with Crippen LogP contribution in [0, 0.1) is 5.41 Å². The molecule has 4 rings (SSSR count). The molecule has 3 fully saturated rings. The number of amides is 2. The number of carbonyl (C=O) groups excluding carboxylic acids is 2. The van der Waals surface area contributed by atoms with E-state index in [2.05, 4.69) is 22.3 Å². The van der Waals surface area contributed by atoms with E-state index < -0.39 is 0 Å². The third-order valence-electron chi connectivity index (χ3n) is 6.55. The average molecular weight is 386 g/mol. The number of β-lactam (4-membered cyclic amide) rings is 1. The van der Waals surface area contributed by atoms with Crippen LogP contribution in [0.2, 0.25) is 0 Å². The van der Waals surface area contributed by atoms with Gasteiger partial charge in [0, 0.05) is 26.2 Å². The Hall–Kier alpha value is -1.92. The zero-order valence-corrected chi connectivity index (χ0v) is 16.6. The third-order valence-corrected chi connectivity index (χ3v) is 6.55. The first kappa shape index (κ1) is 19.4. The minimum Gasteiger partial charge on any atom is -0.379 e. The van der Waals surface area contributed by atoms with Crippen molar-refractivity contribution in [2.24, 2.45) is 5.41 Å². The van der Waals surface area contributed by atoms with Gasteiger partial charge in [-0.2, -0.15) is 0 Å². The highest BCUT2D eigenvalue weighted by atomic mass is 16.5. The summed E-state index contributed by atoms with van der Waals surface area (Å²) >= 11 is 0. The van der Waals surface area contributed by atoms with E-state index >= 15 is 0 Å². The Morgan fingerprint density at radius 3 is 2.54 bits per heavy atom. The van der Waals surface area contributed by atoms with Crippen molar-refractivity contribution in [3.8, 4) is 0 Å². The maximum Gasteiger partial charge on any atom is 0.239 e. The summed E-state index contributed by atoms with van der Waals surface area (Å²) in [6, 6.07) is 10.3. The Balaban J connectivity index is 1.37. The molecule has 1 atom stereocenters. The van der Waals surface area contributed by atoms with Gasteiger partial charge < -0.3 is 15.0 Å². The first-order valence-corrected chi connectivity index (χ1v) is 10.6. The second kappa shape index (κ2) is 8.62. The monoisotopic (exact) mass is 385 g/mol. The van der Waals surface area contributed by atoms with Crippen molar-refractivity contribution >= 4 is 11.8 Å². The van der Waals surface area contributed by atoms with Gasteiger partial charge in [-0.15, -0.1) is 0 Å². The van der Waals surface area contributed by atoms with Gasteiger partial charge in [0.2, 0.25) is 11.8 Å². The van der Waals surface area contributed by atoms with Gasteiger partial charge in [-0.05, 0) is 18.4 Å². The van der Waals surface area contributed by atoms with Crippen molar-refractivity contribution in [1.29, 1.82) is 0 Å². The highest BCUT2D eigenvalue weighted by Crippen LogP contribution is 2.57. The second-order valence-electron chi connectivity index (χ2n) is 8.27. The number of nitrogens with zero attached hydrogens (tertiary/aromatic N) is 2. The molecule has 152 valence electrons. The van der Waals surface area contributed by atoms with Crippen molar-refractivity contribution in [2.75, 3.05) is 45.9 Å². The molecule has 6 nitrogen and oxygen atoms in total. The summed E-state index contributed by atoms with van der Waals surface area (Å²) < 4.78 is 5.35. The molecule has 1 N–H and O–H groups in total. The van der Waals surface area contributed by atoms with E-state index in [1.807, 2.05) is 18.2 Å². The largest absolute Gasteiger partial charge is 0.379 e. The molecule has 6 heteroatoms. The number of nitrogens with one attached hydrogen (secondary N) is 1. The summed E-state index contributed by atoms with van der Waals surface area (Å²) in [5, 5.41) is 3.00. The fraction of sp³-hybridized carbons (Fsp3) is 0.636. The number of rotatable bonds is 6. The van der Waals surface area contributed by atoms with Gasteiger partial charge in [0.1, 0.15) is 6.54 Å². The number of hydrogen-bond acceptors (Lipinski definition) is 4. The molecule has 3 aliphatic rings. The van der Waals surface area contributed by atoms with Gasteiger partial charge in [-0.3, -0.25) is 14.5 Å². The van der Waals surface area contributed by atoms with Gasteiger partial charge in [0.05, 0.1) is 24.7 Å². The minimum absolute atomic E-state index is 0.0338. The summed E-state index contributed by atoms with van der Waals surface area (Å²) in [7, 11) is 0. The van der Waals surface area contributed by atoms with Crippen molar-refractivity contribution in [1.82, 2.24) is 15.1 Å². The lowest BCUT2D eigenvalue weighted by Gasteiger charge is -2.58. The van der Waals surface area contributed by atoms with Gasteiger partial charge in [0.15, 0.2) is 0 Å². The molecule has 1 unspecified atom stereocenters. The average Bonchev–Trinajstić information content (AvgIpc) is 2.75. The van der Waals surface area contributed by atoms with Gasteiger partial charge >= 0.3 is 0 Å². The molecule has 0 bridgehead atoms. The van der Waals surface area contributed by atoms with Crippen LogP contribution in [0.3, 0.4) is 0 Å². The Morgan fingerprint density at radius 2 is 1.82 bits per heavy atom. The highest BCUT2D eigenvalue weighted by molar-refractivity contribution is 5.94. The summed E-state index contributed by atoms with van der Waals surface area (Å²) in [6.45, 7) is 4.95. The van der Waals surface area contributed by atoms with Crippen LogP contribution in [0.15, 0.2) is 30.3 Å². The van der Waals surface area contributed by atoms with Crippen molar-refractivity contribution in [2.45, 2.75) is 38.1 Å². The van der Waals surface area contributed by atoms with E-state index in [1.165, 1.54) is 6.42 Å². The zero-order chi connectivity index (χ0) is 19.4. The lowest BCUT2D eigenvalue weighted by atomic mass is 9.60. The Bertz CT molecular complexity index is 682. The Morgan fingerprint density at radius 1 is 1.11 bits per heavy atom. The number of ether oxygens (including phenoxy) is 1. The molecule has 2 saturated heterocycles. The molecule has 1 aliphatic carbocycles. The van der Waals surface area contributed by atoms with Crippen LogP contribution >= 0.6 is 0 Å². The van der Waals surface area contributed by atoms with Crippen molar-refractivity contribution in [3.05, 3.63) is 35.9 Å². The zero-order valence-electron chi connectivity index (χ0n) is 16.6. The highest BCUT2D eigenvalue weighted by Gasteiger charge is 2.60. The third kappa shape index (κ3) is 3.80. The Labute approximate surface area is 167 Å². The van der Waals surface area contributed by atoms with E-state index in [-0.39, 0.29) is 29.8 Å². The summed E-state index contributed by atoms with van der Waals surface area (Å²) in [5.74, 6) is 0.109. The SMILES string of the molecule is O=C(CN1C(=O)C2(CCCCC2)C1c1ccccc1)NCCN1CCOCC1. The van der Waals surface area contributed by atoms with Crippen molar-refractivity contribution < 1.29 is 14.3 Å². The summed E-state index contributed by atoms with van der Waals surface area (Å²) in [5.41, 5.74) is 0.873. The maximum absolute atomic E-state index is 13.1. The molecular formula is C22H31N3O3. The number of hydrogen-bond donors (Lipinski definition) is 1. The van der Waals surface area contributed by atoms with Gasteiger partial charge in [0.25, 0.3) is 0 Å². The fourth-order valence-corrected chi connectivity index (χ4v) is 5.11. The van der Waals surface area contributed by atoms with Crippen LogP contribution in [0.1, 0.15) is 43.7 Å². The molecule has 1 aromatic rings. The maximum atomic E-state index is 13.1. The quantitative estimate of drug-likeness (QED) is 0.761. The molecule has 1 aromatic carbocycles. The molecule has 28 heavy (non-hydrogen) atoms. The number of likely N-dealkylation sites (tertiary alicyclic amines) is 1. The summed E-state index contributed by atoms with van der Waals surface area (Å²) in [6.07, 6.45) is 5.31. The second-order valence-corrected chi connectivity index (χ2v) is 8.27. The molecule has 2 aliphatic heterocycles. The van der Waals surface area contributed by atoms with Gasteiger partial charge in [-0.25, -0.2) is 0 Å². The van der Waals surface area contributed by atoms with Gasteiger partial charge in [-0.1, -0.05) is 49.6 Å². The van der Waals surface area contributed by atoms with E-state index in [1.54, 1.807) is 4.90 Å². The smallest absolute Gasteiger partial charge is 0.239 e. The van der Waals surface area contributed by atoms with E-state index in [0.717, 1.165) is 64.1 Å². The van der Waals surface area contributed by atoms with E-state index in [9.17, 15) is 9.59 Å². The topological polar surface area (TPSA) is 61.9 Å². The molecule has 0 aromatic heterocycles. The lowest BCUT2D eigenvalue weighted by Crippen LogP contribution is -2.65. The van der Waals surface area contributed by atoms with Crippen LogP contribution in [0.25, 0.3) is 0 Å². The molecule has 1 saturated carbocycles. The predicted octanol–water partition coefficient (Wildman–Crippen LogP) is 1.97. The molecular weight excluding hydrogens is 354 g/mol. The van der Waals surface area contributed by atoms with E-state index in [0.29, 0.717) is 6.54 Å². The number of carbonyl (C=O) groups is 2. The van der Waals surface area contributed by atoms with Crippen LogP contribution in [-0.2, 0) is 14.3 Å². The molecule has 2 amide bonds. The molecule has 2 heterocycles.